The number of carbonyl (C=O) groups is 1. The molecule has 1 heterocycles. The van der Waals surface area contributed by atoms with Crippen molar-refractivity contribution in [3.8, 4) is 0 Å². The van der Waals surface area contributed by atoms with E-state index in [0.29, 0.717) is 0 Å². The van der Waals surface area contributed by atoms with Gasteiger partial charge in [-0.2, -0.15) is 0 Å². The quantitative estimate of drug-likeness (QED) is 0.845. The van der Waals surface area contributed by atoms with Crippen LogP contribution in [0.15, 0.2) is 0 Å². The summed E-state index contributed by atoms with van der Waals surface area (Å²) in [5, 5.41) is 0. The SMILES string of the molecule is CCCCN(C)C(=O)C1(N)C2CCCOC2C1(C)C. The van der Waals surface area contributed by atoms with E-state index in [9.17, 15) is 4.79 Å². The Hall–Kier alpha value is -0.610. The number of nitrogens with two attached hydrogens (primary N) is 1. The van der Waals surface area contributed by atoms with Crippen molar-refractivity contribution in [2.45, 2.75) is 58.1 Å². The van der Waals surface area contributed by atoms with Gasteiger partial charge in [-0.1, -0.05) is 27.2 Å². The Morgan fingerprint density at radius 2 is 2.16 bits per heavy atom. The van der Waals surface area contributed by atoms with Gasteiger partial charge in [0.15, 0.2) is 0 Å². The Balaban J connectivity index is 2.14. The summed E-state index contributed by atoms with van der Waals surface area (Å²) in [6.45, 7) is 7.88. The Kier molecular flexibility index (Phi) is 3.94. The second kappa shape index (κ2) is 5.06. The first-order valence-corrected chi connectivity index (χ1v) is 7.53. The molecule has 110 valence electrons. The van der Waals surface area contributed by atoms with Crippen LogP contribution in [0.4, 0.5) is 0 Å². The molecule has 0 bridgehead atoms. The van der Waals surface area contributed by atoms with Gasteiger partial charge in [-0.15, -0.1) is 0 Å². The maximum absolute atomic E-state index is 12.8. The average Bonchev–Trinajstić information content (AvgIpc) is 2.42. The molecule has 1 amide bonds. The standard InChI is InChI=1S/C15H28N2O2/c1-5-6-9-17(4)13(18)15(16)11-8-7-10-19-12(11)14(15,2)3/h11-12H,5-10,16H2,1-4H3. The third kappa shape index (κ3) is 2.00. The average molecular weight is 268 g/mol. The molecule has 4 nitrogen and oxygen atoms in total. The fourth-order valence-corrected chi connectivity index (χ4v) is 3.82. The van der Waals surface area contributed by atoms with Crippen LogP contribution in [0, 0.1) is 11.3 Å². The van der Waals surface area contributed by atoms with Gasteiger partial charge in [0, 0.05) is 31.5 Å². The van der Waals surface area contributed by atoms with Gasteiger partial charge in [-0.3, -0.25) is 4.79 Å². The summed E-state index contributed by atoms with van der Waals surface area (Å²) >= 11 is 0. The smallest absolute Gasteiger partial charge is 0.243 e. The molecule has 0 aromatic carbocycles. The van der Waals surface area contributed by atoms with Gasteiger partial charge < -0.3 is 15.4 Å². The molecule has 2 aliphatic rings. The van der Waals surface area contributed by atoms with Crippen LogP contribution in [0.5, 0.6) is 0 Å². The number of nitrogens with zero attached hydrogens (tertiary/aromatic N) is 1. The minimum Gasteiger partial charge on any atom is -0.377 e. The number of hydrogen-bond donors (Lipinski definition) is 1. The second-order valence-electron chi connectivity index (χ2n) is 6.71. The maximum Gasteiger partial charge on any atom is 0.243 e. The summed E-state index contributed by atoms with van der Waals surface area (Å²) in [6.07, 6.45) is 4.30. The zero-order valence-corrected chi connectivity index (χ0v) is 12.7. The summed E-state index contributed by atoms with van der Waals surface area (Å²) in [6, 6.07) is 0. The van der Waals surface area contributed by atoms with E-state index in [1.165, 1.54) is 0 Å². The lowest BCUT2D eigenvalue weighted by Gasteiger charge is -2.65. The number of ether oxygens (including phenoxy) is 1. The summed E-state index contributed by atoms with van der Waals surface area (Å²) < 4.78 is 5.85. The molecule has 0 aromatic heterocycles. The Morgan fingerprint density at radius 1 is 1.47 bits per heavy atom. The van der Waals surface area contributed by atoms with Gasteiger partial charge >= 0.3 is 0 Å². The number of amides is 1. The van der Waals surface area contributed by atoms with Crippen LogP contribution >= 0.6 is 0 Å². The molecule has 3 atom stereocenters. The Bertz CT molecular complexity index is 356. The lowest BCUT2D eigenvalue weighted by Crippen LogP contribution is -2.82. The summed E-state index contributed by atoms with van der Waals surface area (Å²) in [4.78, 5) is 14.6. The molecule has 1 saturated heterocycles. The van der Waals surface area contributed by atoms with Gasteiger partial charge in [0.1, 0.15) is 5.54 Å². The van der Waals surface area contributed by atoms with Gasteiger partial charge in [-0.05, 0) is 19.3 Å². The van der Waals surface area contributed by atoms with E-state index in [-0.39, 0.29) is 23.3 Å². The van der Waals surface area contributed by atoms with Crippen LogP contribution in [-0.2, 0) is 9.53 Å². The maximum atomic E-state index is 12.8. The van der Waals surface area contributed by atoms with Gasteiger partial charge in [0.25, 0.3) is 0 Å². The monoisotopic (exact) mass is 268 g/mol. The number of likely N-dealkylation sites (N-methyl/N-ethyl adjacent to an activating group) is 1. The molecule has 4 heteroatoms. The van der Waals surface area contributed by atoms with Crippen LogP contribution in [0.3, 0.4) is 0 Å². The van der Waals surface area contributed by atoms with E-state index >= 15 is 0 Å². The third-order valence-corrected chi connectivity index (χ3v) is 5.23. The number of unbranched alkanes of at least 4 members (excludes halogenated alkanes) is 1. The lowest BCUT2D eigenvalue weighted by molar-refractivity contribution is -0.229. The number of carbonyl (C=O) groups excluding carboxylic acids is 1. The minimum atomic E-state index is -0.749. The van der Waals surface area contributed by atoms with Crippen LogP contribution in [0.25, 0.3) is 0 Å². The molecule has 0 radical (unpaired) electrons. The van der Waals surface area contributed by atoms with Crippen LogP contribution in [0.1, 0.15) is 46.5 Å². The predicted molar refractivity (Wildman–Crippen MR) is 75.7 cm³/mol. The van der Waals surface area contributed by atoms with Crippen molar-refractivity contribution >= 4 is 5.91 Å². The molecule has 2 rings (SSSR count). The highest BCUT2D eigenvalue weighted by Crippen LogP contribution is 2.57. The highest BCUT2D eigenvalue weighted by atomic mass is 16.5. The topological polar surface area (TPSA) is 55.6 Å². The molecule has 19 heavy (non-hydrogen) atoms. The zero-order valence-electron chi connectivity index (χ0n) is 12.7. The molecular formula is C15H28N2O2. The van der Waals surface area contributed by atoms with Crippen LogP contribution < -0.4 is 5.73 Å². The van der Waals surface area contributed by atoms with Crippen molar-refractivity contribution in [2.24, 2.45) is 17.1 Å². The second-order valence-corrected chi connectivity index (χ2v) is 6.71. The molecule has 0 aromatic rings. The van der Waals surface area contributed by atoms with Crippen LogP contribution in [-0.4, -0.2) is 42.6 Å². The summed E-state index contributed by atoms with van der Waals surface area (Å²) in [7, 11) is 1.87. The number of fused-ring (bicyclic) bond motifs is 1. The highest BCUT2D eigenvalue weighted by Gasteiger charge is 2.70. The third-order valence-electron chi connectivity index (χ3n) is 5.23. The predicted octanol–water partition coefficient (Wildman–Crippen LogP) is 1.78. The van der Waals surface area contributed by atoms with Crippen molar-refractivity contribution < 1.29 is 9.53 Å². The molecule has 1 aliphatic heterocycles. The molecule has 0 spiro atoms. The van der Waals surface area contributed by atoms with E-state index < -0.39 is 5.54 Å². The minimum absolute atomic E-state index is 0.0951. The first kappa shape index (κ1) is 14.8. The zero-order chi connectivity index (χ0) is 14.3. The molecule has 1 saturated carbocycles. The van der Waals surface area contributed by atoms with Crippen LogP contribution in [0.2, 0.25) is 0 Å². The molecule has 1 aliphatic carbocycles. The Morgan fingerprint density at radius 3 is 2.79 bits per heavy atom. The fraction of sp³-hybridized carbons (Fsp3) is 0.933. The highest BCUT2D eigenvalue weighted by molar-refractivity contribution is 5.89. The molecule has 3 unspecified atom stereocenters. The van der Waals surface area contributed by atoms with E-state index in [0.717, 1.165) is 38.8 Å². The summed E-state index contributed by atoms with van der Waals surface area (Å²) in [5.74, 6) is 0.283. The van der Waals surface area contributed by atoms with E-state index in [1.54, 1.807) is 0 Å². The largest absolute Gasteiger partial charge is 0.377 e. The Labute approximate surface area is 116 Å². The van der Waals surface area contributed by atoms with Crippen molar-refractivity contribution in [1.29, 1.82) is 0 Å². The van der Waals surface area contributed by atoms with Crippen molar-refractivity contribution in [3.63, 3.8) is 0 Å². The van der Waals surface area contributed by atoms with Gasteiger partial charge in [-0.25, -0.2) is 0 Å². The molecule has 2 N–H and O–H groups in total. The van der Waals surface area contributed by atoms with Gasteiger partial charge in [0.05, 0.1) is 6.10 Å². The van der Waals surface area contributed by atoms with E-state index in [1.807, 2.05) is 11.9 Å². The fourth-order valence-electron chi connectivity index (χ4n) is 3.82. The first-order chi connectivity index (χ1) is 8.87. The van der Waals surface area contributed by atoms with E-state index in [4.69, 9.17) is 10.5 Å². The summed E-state index contributed by atoms with van der Waals surface area (Å²) in [5.41, 5.74) is 5.56. The molecular weight excluding hydrogens is 240 g/mol. The normalized spacial score (nSPS) is 36.3. The lowest BCUT2D eigenvalue weighted by atomic mass is 9.46. The van der Waals surface area contributed by atoms with Gasteiger partial charge in [0.2, 0.25) is 5.91 Å². The number of rotatable bonds is 4. The van der Waals surface area contributed by atoms with E-state index in [2.05, 4.69) is 20.8 Å². The van der Waals surface area contributed by atoms with Crippen molar-refractivity contribution in [1.82, 2.24) is 4.90 Å². The first-order valence-electron chi connectivity index (χ1n) is 7.53. The van der Waals surface area contributed by atoms with Crippen molar-refractivity contribution in [3.05, 3.63) is 0 Å². The molecule has 2 fully saturated rings. The number of hydrogen-bond acceptors (Lipinski definition) is 3. The van der Waals surface area contributed by atoms with Crippen molar-refractivity contribution in [2.75, 3.05) is 20.2 Å².